The monoisotopic (exact) mass is 510 g/mol. The first-order valence-electron chi connectivity index (χ1n) is 12.7. The van der Waals surface area contributed by atoms with E-state index in [1.807, 2.05) is 13.8 Å². The van der Waals surface area contributed by atoms with Gasteiger partial charge in [0.25, 0.3) is 0 Å². The lowest BCUT2D eigenvalue weighted by molar-refractivity contribution is -0.225. The van der Waals surface area contributed by atoms with Crippen LogP contribution in [-0.4, -0.2) is 39.3 Å². The average molecular weight is 511 g/mol. The zero-order valence-electron chi connectivity index (χ0n) is 21.1. The summed E-state index contributed by atoms with van der Waals surface area (Å²) in [6.07, 6.45) is 1.58. The lowest BCUT2D eigenvalue weighted by atomic mass is 9.44. The molecule has 1 N–H and O–H groups in total. The van der Waals surface area contributed by atoms with Crippen molar-refractivity contribution in [2.45, 2.75) is 96.9 Å². The number of fused-ring (bicyclic) bond motifs is 5. The molecule has 0 aromatic rings. The van der Waals surface area contributed by atoms with Crippen LogP contribution in [0.25, 0.3) is 0 Å². The Morgan fingerprint density at radius 3 is 2.49 bits per heavy atom. The zero-order chi connectivity index (χ0) is 26.1. The van der Waals surface area contributed by atoms with Gasteiger partial charge in [0, 0.05) is 29.1 Å². The molecule has 0 aliphatic heterocycles. The van der Waals surface area contributed by atoms with Gasteiger partial charge in [-0.15, -0.1) is 12.6 Å². The summed E-state index contributed by atoms with van der Waals surface area (Å²) < 4.78 is 38.6. The number of aliphatic hydroxyl groups is 1. The van der Waals surface area contributed by atoms with Crippen molar-refractivity contribution in [2.24, 2.45) is 28.6 Å². The van der Waals surface area contributed by atoms with Crippen LogP contribution in [0.5, 0.6) is 0 Å². The number of allylic oxidation sites excluding steroid dienone is 4. The predicted molar refractivity (Wildman–Crippen MR) is 130 cm³/mol. The number of esters is 1. The number of hydrogen-bond donors (Lipinski definition) is 2. The van der Waals surface area contributed by atoms with Crippen molar-refractivity contribution in [1.82, 2.24) is 0 Å². The highest BCUT2D eigenvalue weighted by molar-refractivity contribution is 7.96. The second-order valence-corrected chi connectivity index (χ2v) is 11.8. The molecule has 0 amide bonds. The maximum atomic E-state index is 17.5. The summed E-state index contributed by atoms with van der Waals surface area (Å²) >= 11 is 4.16. The zero-order valence-corrected chi connectivity index (χ0v) is 22.0. The van der Waals surface area contributed by atoms with Gasteiger partial charge in [-0.25, -0.2) is 8.78 Å². The Labute approximate surface area is 211 Å². The summed E-state index contributed by atoms with van der Waals surface area (Å²) in [7, 11) is 0. The summed E-state index contributed by atoms with van der Waals surface area (Å²) in [6.45, 7) is 8.75. The van der Waals surface area contributed by atoms with Crippen molar-refractivity contribution >= 4 is 29.5 Å². The summed E-state index contributed by atoms with van der Waals surface area (Å²) in [6, 6.07) is 0. The van der Waals surface area contributed by atoms with Gasteiger partial charge in [-0.05, 0) is 62.5 Å². The molecule has 0 bridgehead atoms. The number of alkyl halides is 1. The fraction of sp³-hybridized carbons (Fsp3) is 0.741. The molecule has 0 saturated heterocycles. The number of thiol groups is 1. The van der Waals surface area contributed by atoms with E-state index in [1.54, 1.807) is 20.8 Å². The van der Waals surface area contributed by atoms with Crippen molar-refractivity contribution in [1.29, 1.82) is 0 Å². The van der Waals surface area contributed by atoms with Gasteiger partial charge in [0.1, 0.15) is 0 Å². The SMILES string of the molecule is CCCC(=O)O[C@]1(C(=O)S)[C@@H](C)C[C@H]2[C@@H]3CCC4=C(F)C(=O)C(CC)=C[C@]4(C)[C@@]3(F)[C@@H](O)C[C@@]21C. The molecule has 3 saturated carbocycles. The summed E-state index contributed by atoms with van der Waals surface area (Å²) in [5.41, 5.74) is -6.06. The van der Waals surface area contributed by atoms with E-state index in [2.05, 4.69) is 12.6 Å². The molecule has 3 fully saturated rings. The van der Waals surface area contributed by atoms with Gasteiger partial charge in [0.15, 0.2) is 17.1 Å². The largest absolute Gasteiger partial charge is 0.449 e. The Bertz CT molecular complexity index is 1040. The van der Waals surface area contributed by atoms with Gasteiger partial charge in [0.2, 0.25) is 10.9 Å². The summed E-state index contributed by atoms with van der Waals surface area (Å²) in [5, 5.41) is 10.9. The van der Waals surface area contributed by atoms with E-state index < -0.39 is 68.7 Å². The average Bonchev–Trinajstić information content (AvgIpc) is 2.99. The number of Topliss-reactive ketones (excluding diaryl/α,β-unsaturated/α-hetero) is 1. The minimum absolute atomic E-state index is 0.109. The van der Waals surface area contributed by atoms with Gasteiger partial charge in [-0.3, -0.25) is 14.4 Å². The minimum Gasteiger partial charge on any atom is -0.449 e. The van der Waals surface area contributed by atoms with E-state index in [1.165, 1.54) is 6.08 Å². The standard InChI is InChI=1S/C27H36F2O5S/c1-6-8-20(31)34-27(23(33)35)14(3)11-18-16-9-10-17-21(28)22(32)15(7-2)12-24(17,4)26(16,29)19(30)13-25(18,27)5/h12,14,16,18-19,30H,6-11,13H2,1-5H3,(H,33,35)/t14-,16-,18-,19-,24-,25-,26-,27-/m0/s1. The van der Waals surface area contributed by atoms with Crippen LogP contribution in [-0.2, 0) is 19.1 Å². The second kappa shape index (κ2) is 8.51. The summed E-state index contributed by atoms with van der Waals surface area (Å²) in [4.78, 5) is 38.2. The quantitative estimate of drug-likeness (QED) is 0.392. The van der Waals surface area contributed by atoms with E-state index in [4.69, 9.17) is 4.74 Å². The lowest BCUT2D eigenvalue weighted by Crippen LogP contribution is -2.69. The predicted octanol–water partition coefficient (Wildman–Crippen LogP) is 5.22. The van der Waals surface area contributed by atoms with Crippen LogP contribution in [0.2, 0.25) is 0 Å². The van der Waals surface area contributed by atoms with Gasteiger partial charge >= 0.3 is 5.97 Å². The van der Waals surface area contributed by atoms with E-state index in [0.717, 1.165) is 0 Å². The smallest absolute Gasteiger partial charge is 0.306 e. The van der Waals surface area contributed by atoms with Crippen LogP contribution in [0, 0.1) is 28.6 Å². The third kappa shape index (κ3) is 3.17. The first kappa shape index (κ1) is 26.5. The molecule has 0 aromatic heterocycles. The van der Waals surface area contributed by atoms with E-state index in [9.17, 15) is 19.5 Å². The third-order valence-electron chi connectivity index (χ3n) is 9.87. The van der Waals surface area contributed by atoms with Crippen LogP contribution in [0.15, 0.2) is 23.0 Å². The Morgan fingerprint density at radius 1 is 1.26 bits per heavy atom. The molecule has 0 aromatic carbocycles. The fourth-order valence-corrected chi connectivity index (χ4v) is 8.74. The molecule has 194 valence electrons. The fourth-order valence-electron chi connectivity index (χ4n) is 8.22. The Hall–Kier alpha value is -1.54. The number of carbonyl (C=O) groups excluding carboxylic acids is 3. The first-order chi connectivity index (χ1) is 16.3. The Kier molecular flexibility index (Phi) is 6.44. The molecule has 0 unspecified atom stereocenters. The van der Waals surface area contributed by atoms with Crippen molar-refractivity contribution in [2.75, 3.05) is 0 Å². The highest BCUT2D eigenvalue weighted by atomic mass is 32.1. The normalized spacial score (nSPS) is 44.8. The molecule has 0 spiro atoms. The molecular weight excluding hydrogens is 474 g/mol. The molecule has 4 rings (SSSR count). The maximum Gasteiger partial charge on any atom is 0.306 e. The van der Waals surface area contributed by atoms with Crippen LogP contribution in [0.1, 0.15) is 79.6 Å². The van der Waals surface area contributed by atoms with Gasteiger partial charge in [0.05, 0.1) is 6.10 Å². The topological polar surface area (TPSA) is 80.7 Å². The molecule has 0 radical (unpaired) electrons. The van der Waals surface area contributed by atoms with Crippen molar-refractivity contribution in [3.8, 4) is 0 Å². The van der Waals surface area contributed by atoms with E-state index in [-0.39, 0.29) is 43.3 Å². The highest BCUT2D eigenvalue weighted by Crippen LogP contribution is 2.72. The molecule has 8 atom stereocenters. The number of ketones is 1. The number of carbonyl (C=O) groups is 3. The molecule has 4 aliphatic carbocycles. The number of ether oxygens (including phenoxy) is 1. The number of aliphatic hydroxyl groups excluding tert-OH is 1. The van der Waals surface area contributed by atoms with E-state index >= 15 is 8.78 Å². The molecule has 5 nitrogen and oxygen atoms in total. The lowest BCUT2D eigenvalue weighted by Gasteiger charge is -2.62. The molecule has 0 heterocycles. The molecule has 4 aliphatic rings. The van der Waals surface area contributed by atoms with Crippen molar-refractivity contribution in [3.05, 3.63) is 23.0 Å². The van der Waals surface area contributed by atoms with Crippen molar-refractivity contribution < 1.29 is 33.0 Å². The first-order valence-corrected chi connectivity index (χ1v) is 13.2. The van der Waals surface area contributed by atoms with Gasteiger partial charge < -0.3 is 9.84 Å². The second-order valence-electron chi connectivity index (χ2n) is 11.4. The number of hydrogen-bond acceptors (Lipinski definition) is 5. The molecular formula is C27H36F2O5S. The van der Waals surface area contributed by atoms with Crippen LogP contribution in [0.3, 0.4) is 0 Å². The number of halogens is 2. The molecule has 8 heteroatoms. The summed E-state index contributed by atoms with van der Waals surface area (Å²) in [5.74, 6) is -3.69. The van der Waals surface area contributed by atoms with Crippen LogP contribution < -0.4 is 0 Å². The van der Waals surface area contributed by atoms with Gasteiger partial charge in [-0.1, -0.05) is 33.8 Å². The van der Waals surface area contributed by atoms with E-state index in [0.29, 0.717) is 12.8 Å². The van der Waals surface area contributed by atoms with Crippen molar-refractivity contribution in [3.63, 3.8) is 0 Å². The van der Waals surface area contributed by atoms with Gasteiger partial charge in [-0.2, -0.15) is 0 Å². The highest BCUT2D eigenvalue weighted by Gasteiger charge is 2.77. The Morgan fingerprint density at radius 2 is 1.91 bits per heavy atom. The minimum atomic E-state index is -2.24. The van der Waals surface area contributed by atoms with Crippen LogP contribution >= 0.6 is 12.6 Å². The molecule has 35 heavy (non-hydrogen) atoms. The number of rotatable bonds is 5. The Balaban J connectivity index is 1.86. The third-order valence-corrected chi connectivity index (χ3v) is 10.2. The van der Waals surface area contributed by atoms with Crippen LogP contribution in [0.4, 0.5) is 8.78 Å². The maximum absolute atomic E-state index is 17.5.